The first kappa shape index (κ1) is 13.1. The van der Waals surface area contributed by atoms with Crippen molar-refractivity contribution in [3.05, 3.63) is 35.9 Å². The van der Waals surface area contributed by atoms with E-state index >= 15 is 0 Å². The molecule has 2 fully saturated rings. The summed E-state index contributed by atoms with van der Waals surface area (Å²) in [5, 5.41) is 3.43. The molecule has 3 heteroatoms. The van der Waals surface area contributed by atoms with Crippen molar-refractivity contribution in [2.45, 2.75) is 31.4 Å². The summed E-state index contributed by atoms with van der Waals surface area (Å²) >= 11 is 0. The van der Waals surface area contributed by atoms with Crippen molar-refractivity contribution in [2.75, 3.05) is 32.8 Å². The molecule has 1 aromatic rings. The van der Waals surface area contributed by atoms with E-state index in [0.717, 1.165) is 19.7 Å². The molecule has 2 aliphatic rings. The van der Waals surface area contributed by atoms with Gasteiger partial charge >= 0.3 is 0 Å². The monoisotopic (exact) mass is 260 g/mol. The van der Waals surface area contributed by atoms with Crippen LogP contribution in [0.1, 0.15) is 24.8 Å². The van der Waals surface area contributed by atoms with E-state index in [1.165, 1.54) is 25.1 Å². The fourth-order valence-electron chi connectivity index (χ4n) is 3.29. The third-order valence-electron chi connectivity index (χ3n) is 4.56. The maximum Gasteiger partial charge on any atom is 0.0852 e. The molecule has 3 nitrogen and oxygen atoms in total. The summed E-state index contributed by atoms with van der Waals surface area (Å²) in [4.78, 5) is 2.59. The van der Waals surface area contributed by atoms with E-state index < -0.39 is 0 Å². The van der Waals surface area contributed by atoms with Gasteiger partial charge in [-0.2, -0.15) is 0 Å². The maximum absolute atomic E-state index is 5.89. The van der Waals surface area contributed by atoms with Crippen LogP contribution in [0.5, 0.6) is 0 Å². The highest BCUT2D eigenvalue weighted by Crippen LogP contribution is 2.29. The first-order valence-electron chi connectivity index (χ1n) is 7.46. The summed E-state index contributed by atoms with van der Waals surface area (Å²) in [6.07, 6.45) is 1.62. The third-order valence-corrected chi connectivity index (χ3v) is 4.56. The van der Waals surface area contributed by atoms with Gasteiger partial charge in [-0.25, -0.2) is 0 Å². The fourth-order valence-corrected chi connectivity index (χ4v) is 3.29. The van der Waals surface area contributed by atoms with Gasteiger partial charge in [-0.05, 0) is 31.4 Å². The largest absolute Gasteiger partial charge is 0.374 e. The molecule has 0 aromatic heterocycles. The van der Waals surface area contributed by atoms with Gasteiger partial charge in [0, 0.05) is 25.7 Å². The Bertz CT molecular complexity index is 389. The summed E-state index contributed by atoms with van der Waals surface area (Å²) in [6, 6.07) is 11.4. The van der Waals surface area contributed by atoms with E-state index in [1.807, 2.05) is 0 Å². The van der Waals surface area contributed by atoms with Crippen LogP contribution >= 0.6 is 0 Å². The number of benzene rings is 1. The van der Waals surface area contributed by atoms with E-state index in [0.29, 0.717) is 18.1 Å². The van der Waals surface area contributed by atoms with Gasteiger partial charge in [0.15, 0.2) is 0 Å². The van der Waals surface area contributed by atoms with E-state index in [4.69, 9.17) is 4.74 Å². The average molecular weight is 260 g/mol. The van der Waals surface area contributed by atoms with Gasteiger partial charge in [0.1, 0.15) is 0 Å². The topological polar surface area (TPSA) is 24.5 Å². The number of nitrogens with zero attached hydrogens (tertiary/aromatic N) is 1. The minimum Gasteiger partial charge on any atom is -0.374 e. The fraction of sp³-hybridized carbons (Fsp3) is 0.625. The molecule has 0 amide bonds. The molecule has 0 spiro atoms. The molecule has 0 radical (unpaired) electrons. The van der Waals surface area contributed by atoms with Crippen LogP contribution in [0.3, 0.4) is 0 Å². The SMILES string of the molecule is CC(C1CNCCO1)N1CCC(c2ccccc2)C1. The first-order valence-corrected chi connectivity index (χ1v) is 7.46. The Labute approximate surface area is 115 Å². The summed E-state index contributed by atoms with van der Waals surface area (Å²) in [7, 11) is 0. The lowest BCUT2D eigenvalue weighted by Crippen LogP contribution is -2.50. The summed E-state index contributed by atoms with van der Waals surface area (Å²) in [5.41, 5.74) is 1.49. The van der Waals surface area contributed by atoms with E-state index in [2.05, 4.69) is 47.5 Å². The zero-order chi connectivity index (χ0) is 13.1. The second kappa shape index (κ2) is 6.04. The molecule has 2 saturated heterocycles. The summed E-state index contributed by atoms with van der Waals surface area (Å²) in [6.45, 7) is 7.52. The molecule has 2 aliphatic heterocycles. The predicted octanol–water partition coefficient (Wildman–Crippen LogP) is 1.85. The van der Waals surface area contributed by atoms with Crippen LogP contribution in [0.25, 0.3) is 0 Å². The molecule has 0 aliphatic carbocycles. The van der Waals surface area contributed by atoms with E-state index in [-0.39, 0.29) is 0 Å². The van der Waals surface area contributed by atoms with Gasteiger partial charge in [0.2, 0.25) is 0 Å². The molecular formula is C16H24N2O. The Morgan fingerprint density at radius 2 is 2.16 bits per heavy atom. The normalized spacial score (nSPS) is 30.4. The van der Waals surface area contributed by atoms with Crippen molar-refractivity contribution in [1.82, 2.24) is 10.2 Å². The van der Waals surface area contributed by atoms with Crippen LogP contribution in [0.2, 0.25) is 0 Å². The predicted molar refractivity (Wildman–Crippen MR) is 77.4 cm³/mol. The first-order chi connectivity index (χ1) is 9.34. The number of likely N-dealkylation sites (tertiary alicyclic amines) is 1. The van der Waals surface area contributed by atoms with Crippen LogP contribution in [0, 0.1) is 0 Å². The average Bonchev–Trinajstić information content (AvgIpc) is 2.98. The van der Waals surface area contributed by atoms with Crippen molar-refractivity contribution in [2.24, 2.45) is 0 Å². The lowest BCUT2D eigenvalue weighted by molar-refractivity contribution is -0.0209. The molecule has 1 N–H and O–H groups in total. The molecular weight excluding hydrogens is 236 g/mol. The van der Waals surface area contributed by atoms with Crippen molar-refractivity contribution in [3.63, 3.8) is 0 Å². The minimum atomic E-state index is 0.350. The van der Waals surface area contributed by atoms with Crippen LogP contribution in [-0.2, 0) is 4.74 Å². The molecule has 19 heavy (non-hydrogen) atoms. The van der Waals surface area contributed by atoms with Gasteiger partial charge < -0.3 is 10.1 Å². The molecule has 3 rings (SSSR count). The van der Waals surface area contributed by atoms with Gasteiger partial charge in [-0.15, -0.1) is 0 Å². The highest BCUT2D eigenvalue weighted by molar-refractivity contribution is 5.21. The van der Waals surface area contributed by atoms with E-state index in [1.54, 1.807) is 0 Å². The quantitative estimate of drug-likeness (QED) is 0.897. The Hall–Kier alpha value is -0.900. The van der Waals surface area contributed by atoms with Crippen LogP contribution in [0.15, 0.2) is 30.3 Å². The Kier molecular flexibility index (Phi) is 4.16. The lowest BCUT2D eigenvalue weighted by atomic mass is 9.99. The van der Waals surface area contributed by atoms with Crippen LogP contribution in [-0.4, -0.2) is 49.8 Å². The molecule has 3 atom stereocenters. The lowest BCUT2D eigenvalue weighted by Gasteiger charge is -2.34. The Balaban J connectivity index is 1.59. The standard InChI is InChI=1S/C16H24N2O/c1-13(16-11-17-8-10-19-16)18-9-7-15(12-18)14-5-3-2-4-6-14/h2-6,13,15-17H,7-12H2,1H3. The Morgan fingerprint density at radius 3 is 2.89 bits per heavy atom. The Morgan fingerprint density at radius 1 is 1.32 bits per heavy atom. The zero-order valence-electron chi connectivity index (χ0n) is 11.7. The van der Waals surface area contributed by atoms with Gasteiger partial charge in [0.05, 0.1) is 12.7 Å². The van der Waals surface area contributed by atoms with Gasteiger partial charge in [0.25, 0.3) is 0 Å². The maximum atomic E-state index is 5.89. The molecule has 104 valence electrons. The molecule has 3 unspecified atom stereocenters. The van der Waals surface area contributed by atoms with Gasteiger partial charge in [-0.1, -0.05) is 30.3 Å². The number of nitrogens with one attached hydrogen (secondary N) is 1. The van der Waals surface area contributed by atoms with Crippen molar-refractivity contribution >= 4 is 0 Å². The van der Waals surface area contributed by atoms with Crippen LogP contribution in [0.4, 0.5) is 0 Å². The molecule has 0 saturated carbocycles. The molecule has 0 bridgehead atoms. The smallest absolute Gasteiger partial charge is 0.0852 e. The number of rotatable bonds is 3. The number of hydrogen-bond acceptors (Lipinski definition) is 3. The van der Waals surface area contributed by atoms with E-state index in [9.17, 15) is 0 Å². The minimum absolute atomic E-state index is 0.350. The highest BCUT2D eigenvalue weighted by atomic mass is 16.5. The number of hydrogen-bond donors (Lipinski definition) is 1. The van der Waals surface area contributed by atoms with Crippen molar-refractivity contribution in [3.8, 4) is 0 Å². The van der Waals surface area contributed by atoms with Crippen molar-refractivity contribution < 1.29 is 4.74 Å². The highest BCUT2D eigenvalue weighted by Gasteiger charge is 2.32. The second-order valence-corrected chi connectivity index (χ2v) is 5.75. The number of ether oxygens (including phenoxy) is 1. The molecule has 1 aromatic carbocycles. The van der Waals surface area contributed by atoms with Crippen LogP contribution < -0.4 is 5.32 Å². The summed E-state index contributed by atoms with van der Waals surface area (Å²) < 4.78 is 5.89. The number of morpholine rings is 1. The second-order valence-electron chi connectivity index (χ2n) is 5.75. The third kappa shape index (κ3) is 2.99. The van der Waals surface area contributed by atoms with Crippen molar-refractivity contribution in [1.29, 1.82) is 0 Å². The molecule has 2 heterocycles. The summed E-state index contributed by atoms with van der Waals surface area (Å²) in [5.74, 6) is 0.695. The zero-order valence-corrected chi connectivity index (χ0v) is 11.7. The van der Waals surface area contributed by atoms with Gasteiger partial charge in [-0.3, -0.25) is 4.90 Å².